The Labute approximate surface area is 204 Å². The monoisotopic (exact) mass is 474 g/mol. The van der Waals surface area contributed by atoms with Gasteiger partial charge in [0.25, 0.3) is 0 Å². The van der Waals surface area contributed by atoms with Crippen molar-refractivity contribution in [2.75, 3.05) is 11.9 Å². The fourth-order valence-electron chi connectivity index (χ4n) is 4.99. The average Bonchev–Trinajstić information content (AvgIpc) is 3.56. The number of nitrogens with one attached hydrogen (secondary N) is 1. The van der Waals surface area contributed by atoms with Gasteiger partial charge >= 0.3 is 0 Å². The summed E-state index contributed by atoms with van der Waals surface area (Å²) in [6.45, 7) is 0.456. The molecular formula is C27H30N4O2S. The van der Waals surface area contributed by atoms with Crippen LogP contribution in [0, 0.1) is 5.92 Å². The summed E-state index contributed by atoms with van der Waals surface area (Å²) < 4.78 is 0. The molecule has 0 saturated heterocycles. The zero-order valence-corrected chi connectivity index (χ0v) is 20.0. The summed E-state index contributed by atoms with van der Waals surface area (Å²) in [4.78, 5) is 28.2. The molecular weight excluding hydrogens is 444 g/mol. The fourth-order valence-corrected chi connectivity index (χ4v) is 5.76. The lowest BCUT2D eigenvalue weighted by atomic mass is 9.93. The lowest BCUT2D eigenvalue weighted by molar-refractivity contribution is -0.136. The quantitative estimate of drug-likeness (QED) is 0.468. The van der Waals surface area contributed by atoms with Crippen molar-refractivity contribution in [2.45, 2.75) is 56.9 Å². The highest BCUT2D eigenvalue weighted by Gasteiger charge is 2.46. The van der Waals surface area contributed by atoms with Crippen LogP contribution in [-0.2, 0) is 9.59 Å². The zero-order valence-electron chi connectivity index (χ0n) is 19.2. The first-order valence-corrected chi connectivity index (χ1v) is 13.0. The van der Waals surface area contributed by atoms with Crippen LogP contribution in [0.1, 0.15) is 56.4 Å². The summed E-state index contributed by atoms with van der Waals surface area (Å²) in [6, 6.07) is 20.4. The van der Waals surface area contributed by atoms with Crippen LogP contribution in [0.2, 0.25) is 0 Å². The second-order valence-corrected chi connectivity index (χ2v) is 10.2. The van der Waals surface area contributed by atoms with E-state index in [1.54, 1.807) is 0 Å². The lowest BCUT2D eigenvalue weighted by Gasteiger charge is -2.34. The third kappa shape index (κ3) is 5.36. The van der Waals surface area contributed by atoms with Crippen LogP contribution in [0.15, 0.2) is 60.7 Å². The molecule has 2 aromatic carbocycles. The van der Waals surface area contributed by atoms with Crippen molar-refractivity contribution < 1.29 is 9.59 Å². The second-order valence-electron chi connectivity index (χ2n) is 9.26. The minimum atomic E-state index is -0.125. The highest BCUT2D eigenvalue weighted by molar-refractivity contribution is 7.18. The number of rotatable bonds is 8. The SMILES string of the molecule is O=C(CCN(C(=O)C1CC1c1ccccc1)C1CCCCC1)Nc1nnc(-c2ccccc2)s1. The van der Waals surface area contributed by atoms with Crippen molar-refractivity contribution in [3.63, 3.8) is 0 Å². The van der Waals surface area contributed by atoms with Crippen LogP contribution in [-0.4, -0.2) is 39.5 Å². The van der Waals surface area contributed by atoms with E-state index in [9.17, 15) is 9.59 Å². The Bertz CT molecular complexity index is 1110. The molecule has 1 aromatic heterocycles. The normalized spacial score (nSPS) is 20.0. The van der Waals surface area contributed by atoms with Crippen molar-refractivity contribution in [2.24, 2.45) is 5.92 Å². The van der Waals surface area contributed by atoms with Crippen molar-refractivity contribution in [1.82, 2.24) is 15.1 Å². The van der Waals surface area contributed by atoms with Crippen molar-refractivity contribution in [3.05, 3.63) is 66.2 Å². The maximum absolute atomic E-state index is 13.5. The molecule has 2 unspecified atom stereocenters. The minimum Gasteiger partial charge on any atom is -0.339 e. The van der Waals surface area contributed by atoms with Gasteiger partial charge in [0.15, 0.2) is 0 Å². The van der Waals surface area contributed by atoms with Gasteiger partial charge in [0, 0.05) is 30.5 Å². The van der Waals surface area contributed by atoms with E-state index >= 15 is 0 Å². The van der Waals surface area contributed by atoms with Gasteiger partial charge in [-0.1, -0.05) is 91.3 Å². The molecule has 34 heavy (non-hydrogen) atoms. The summed E-state index contributed by atoms with van der Waals surface area (Å²) >= 11 is 1.36. The molecule has 2 atom stereocenters. The van der Waals surface area contributed by atoms with Gasteiger partial charge in [0.05, 0.1) is 0 Å². The van der Waals surface area contributed by atoms with E-state index in [4.69, 9.17) is 0 Å². The summed E-state index contributed by atoms with van der Waals surface area (Å²) in [5.74, 6) is 0.450. The number of benzene rings is 2. The molecule has 0 radical (unpaired) electrons. The molecule has 0 aliphatic heterocycles. The highest BCUT2D eigenvalue weighted by atomic mass is 32.1. The Morgan fingerprint density at radius 1 is 0.941 bits per heavy atom. The number of carbonyl (C=O) groups excluding carboxylic acids is 2. The van der Waals surface area contributed by atoms with E-state index in [0.29, 0.717) is 17.6 Å². The number of hydrogen-bond acceptors (Lipinski definition) is 5. The van der Waals surface area contributed by atoms with E-state index < -0.39 is 0 Å². The number of nitrogens with zero attached hydrogens (tertiary/aromatic N) is 3. The first-order chi connectivity index (χ1) is 16.7. The van der Waals surface area contributed by atoms with Gasteiger partial charge in [-0.25, -0.2) is 0 Å². The number of aromatic nitrogens is 2. The molecule has 2 aliphatic rings. The highest BCUT2D eigenvalue weighted by Crippen LogP contribution is 2.49. The summed E-state index contributed by atoms with van der Waals surface area (Å²) in [5, 5.41) is 12.5. The zero-order chi connectivity index (χ0) is 23.3. The van der Waals surface area contributed by atoms with Crippen LogP contribution in [0.4, 0.5) is 5.13 Å². The van der Waals surface area contributed by atoms with Crippen molar-refractivity contribution in [1.29, 1.82) is 0 Å². The van der Waals surface area contributed by atoms with E-state index in [0.717, 1.165) is 42.7 Å². The molecule has 2 amide bonds. The Morgan fingerprint density at radius 3 is 2.38 bits per heavy atom. The number of carbonyl (C=O) groups is 2. The van der Waals surface area contributed by atoms with Gasteiger partial charge in [-0.2, -0.15) is 0 Å². The molecule has 1 N–H and O–H groups in total. The molecule has 3 aromatic rings. The smallest absolute Gasteiger partial charge is 0.227 e. The van der Waals surface area contributed by atoms with Gasteiger partial charge in [-0.15, -0.1) is 10.2 Å². The minimum absolute atomic E-state index is 0.0454. The van der Waals surface area contributed by atoms with Crippen molar-refractivity contribution in [3.8, 4) is 10.6 Å². The number of anilines is 1. The third-order valence-corrected chi connectivity index (χ3v) is 7.79. The fraction of sp³-hybridized carbons (Fsp3) is 0.407. The molecule has 5 rings (SSSR count). The maximum Gasteiger partial charge on any atom is 0.227 e. The van der Waals surface area contributed by atoms with Gasteiger partial charge in [-0.05, 0) is 30.7 Å². The molecule has 6 nitrogen and oxygen atoms in total. The van der Waals surface area contributed by atoms with Gasteiger partial charge in [-0.3, -0.25) is 9.59 Å². The van der Waals surface area contributed by atoms with E-state index in [1.807, 2.05) is 53.4 Å². The second kappa shape index (κ2) is 10.5. The van der Waals surface area contributed by atoms with E-state index in [2.05, 4.69) is 27.6 Å². The van der Waals surface area contributed by atoms with Crippen LogP contribution in [0.5, 0.6) is 0 Å². The molecule has 1 heterocycles. The summed E-state index contributed by atoms with van der Waals surface area (Å²) in [7, 11) is 0. The topological polar surface area (TPSA) is 75.2 Å². The first-order valence-electron chi connectivity index (χ1n) is 12.2. The lowest BCUT2D eigenvalue weighted by Crippen LogP contribution is -2.44. The third-order valence-electron chi connectivity index (χ3n) is 6.91. The van der Waals surface area contributed by atoms with Crippen LogP contribution < -0.4 is 5.32 Å². The van der Waals surface area contributed by atoms with Crippen LogP contribution in [0.25, 0.3) is 10.6 Å². The number of hydrogen-bond donors (Lipinski definition) is 1. The first kappa shape index (κ1) is 22.7. The standard InChI is InChI=1S/C27H30N4O2S/c32-24(28-27-30-29-25(34-27)20-12-6-2-7-13-20)16-17-31(21-14-8-3-9-15-21)26(33)23-18-22(23)19-10-4-1-5-11-19/h1-2,4-7,10-13,21-23H,3,8-9,14-18H2,(H,28,30,32). The Hall–Kier alpha value is -3.06. The largest absolute Gasteiger partial charge is 0.339 e. The maximum atomic E-state index is 13.5. The molecule has 2 aliphatic carbocycles. The van der Waals surface area contributed by atoms with Gasteiger partial charge in [0.2, 0.25) is 16.9 Å². The Balaban J connectivity index is 1.20. The predicted molar refractivity (Wildman–Crippen MR) is 134 cm³/mol. The van der Waals surface area contributed by atoms with Crippen LogP contribution >= 0.6 is 11.3 Å². The predicted octanol–water partition coefficient (Wildman–Crippen LogP) is 5.50. The molecule has 0 spiro atoms. The van der Waals surface area contributed by atoms with E-state index in [-0.39, 0.29) is 30.2 Å². The van der Waals surface area contributed by atoms with Crippen LogP contribution in [0.3, 0.4) is 0 Å². The Morgan fingerprint density at radius 2 is 1.65 bits per heavy atom. The summed E-state index contributed by atoms with van der Waals surface area (Å²) in [6.07, 6.45) is 6.78. The molecule has 176 valence electrons. The van der Waals surface area contributed by atoms with Crippen molar-refractivity contribution >= 4 is 28.3 Å². The number of amides is 2. The summed E-state index contributed by atoms with van der Waals surface area (Å²) in [5.41, 5.74) is 2.22. The molecule has 2 fully saturated rings. The van der Waals surface area contributed by atoms with Gasteiger partial charge in [0.1, 0.15) is 5.01 Å². The average molecular weight is 475 g/mol. The molecule has 2 saturated carbocycles. The molecule has 0 bridgehead atoms. The Kier molecular flexibility index (Phi) is 7.00. The molecule has 7 heteroatoms. The van der Waals surface area contributed by atoms with E-state index in [1.165, 1.54) is 23.3 Å². The van der Waals surface area contributed by atoms with Gasteiger partial charge < -0.3 is 10.2 Å².